The molecular weight excluding hydrogens is 358 g/mol. The van der Waals surface area contributed by atoms with Crippen LogP contribution in [0.2, 0.25) is 0 Å². The topological polar surface area (TPSA) is 94.8 Å². The van der Waals surface area contributed by atoms with Crippen molar-refractivity contribution in [1.82, 2.24) is 0 Å². The van der Waals surface area contributed by atoms with Gasteiger partial charge >= 0.3 is 11.9 Å². The first-order chi connectivity index (χ1) is 12.5. The molecule has 0 aromatic carbocycles. The highest BCUT2D eigenvalue weighted by molar-refractivity contribution is 7.17. The van der Waals surface area contributed by atoms with E-state index in [0.29, 0.717) is 16.3 Å². The van der Waals surface area contributed by atoms with E-state index in [4.69, 9.17) is 13.9 Å². The molecule has 0 atom stereocenters. The van der Waals surface area contributed by atoms with Crippen LogP contribution in [0.25, 0.3) is 0 Å². The SMILES string of the molecule is CCOC(=O)c1c(NC(=O)COC(=O)c2ccc(C)o2)sc2c1CCC2. The van der Waals surface area contributed by atoms with Gasteiger partial charge in [0.2, 0.25) is 5.76 Å². The average molecular weight is 377 g/mol. The number of anilines is 1. The molecule has 2 heterocycles. The second-order valence-electron chi connectivity index (χ2n) is 5.82. The number of rotatable bonds is 6. The smallest absolute Gasteiger partial charge is 0.374 e. The molecule has 0 fully saturated rings. The van der Waals surface area contributed by atoms with Gasteiger partial charge in [-0.1, -0.05) is 0 Å². The molecule has 138 valence electrons. The van der Waals surface area contributed by atoms with E-state index in [-0.39, 0.29) is 12.4 Å². The summed E-state index contributed by atoms with van der Waals surface area (Å²) < 4.78 is 15.2. The number of esters is 2. The standard InChI is InChI=1S/C18H19NO6S/c1-3-23-18(22)15-11-5-4-6-13(11)26-16(15)19-14(20)9-24-17(21)12-8-7-10(2)25-12/h7-8H,3-6,9H2,1-2H3,(H,19,20). The Balaban J connectivity index is 1.66. The summed E-state index contributed by atoms with van der Waals surface area (Å²) in [4.78, 5) is 37.3. The van der Waals surface area contributed by atoms with Gasteiger partial charge < -0.3 is 19.2 Å². The van der Waals surface area contributed by atoms with Gasteiger partial charge in [-0.3, -0.25) is 4.79 Å². The van der Waals surface area contributed by atoms with Gasteiger partial charge in [0.15, 0.2) is 6.61 Å². The van der Waals surface area contributed by atoms with Gasteiger partial charge in [0.05, 0.1) is 12.2 Å². The zero-order chi connectivity index (χ0) is 18.7. The summed E-state index contributed by atoms with van der Waals surface area (Å²) in [5, 5.41) is 3.11. The van der Waals surface area contributed by atoms with Crippen molar-refractivity contribution in [3.05, 3.63) is 39.7 Å². The Kier molecular flexibility index (Phi) is 5.41. The predicted molar refractivity (Wildman–Crippen MR) is 94.7 cm³/mol. The number of amides is 1. The van der Waals surface area contributed by atoms with E-state index in [0.717, 1.165) is 29.7 Å². The molecule has 0 spiro atoms. The van der Waals surface area contributed by atoms with Crippen LogP contribution >= 0.6 is 11.3 Å². The number of ether oxygens (including phenoxy) is 2. The van der Waals surface area contributed by atoms with Crippen molar-refractivity contribution >= 4 is 34.2 Å². The molecule has 7 nitrogen and oxygen atoms in total. The lowest BCUT2D eigenvalue weighted by molar-refractivity contribution is -0.119. The van der Waals surface area contributed by atoms with Crippen LogP contribution < -0.4 is 5.32 Å². The van der Waals surface area contributed by atoms with Crippen LogP contribution in [-0.2, 0) is 27.1 Å². The summed E-state index contributed by atoms with van der Waals surface area (Å²) in [6, 6.07) is 3.12. The molecule has 0 radical (unpaired) electrons. The third kappa shape index (κ3) is 3.80. The highest BCUT2D eigenvalue weighted by Gasteiger charge is 2.28. The zero-order valence-electron chi connectivity index (χ0n) is 14.5. The quantitative estimate of drug-likeness (QED) is 0.777. The van der Waals surface area contributed by atoms with Crippen molar-refractivity contribution in [3.63, 3.8) is 0 Å². The molecule has 2 aromatic heterocycles. The molecule has 8 heteroatoms. The molecule has 2 aromatic rings. The van der Waals surface area contributed by atoms with Crippen LogP contribution in [0.3, 0.4) is 0 Å². The maximum Gasteiger partial charge on any atom is 0.374 e. The molecule has 0 saturated carbocycles. The summed E-state index contributed by atoms with van der Waals surface area (Å²) in [5.41, 5.74) is 1.37. The summed E-state index contributed by atoms with van der Waals surface area (Å²) in [6.07, 6.45) is 2.67. The Hall–Kier alpha value is -2.61. The number of fused-ring (bicyclic) bond motifs is 1. The average Bonchev–Trinajstić information content (AvgIpc) is 3.28. The van der Waals surface area contributed by atoms with Crippen LogP contribution in [0.4, 0.5) is 5.00 Å². The molecule has 1 amide bonds. The van der Waals surface area contributed by atoms with E-state index in [9.17, 15) is 14.4 Å². The predicted octanol–water partition coefficient (Wildman–Crippen LogP) is 3.11. The number of aryl methyl sites for hydroxylation is 2. The van der Waals surface area contributed by atoms with Crippen LogP contribution in [0.5, 0.6) is 0 Å². The molecule has 26 heavy (non-hydrogen) atoms. The van der Waals surface area contributed by atoms with Gasteiger partial charge in [0.25, 0.3) is 5.91 Å². The minimum absolute atomic E-state index is 0.0395. The molecular formula is C18H19NO6S. The van der Waals surface area contributed by atoms with Gasteiger partial charge in [-0.15, -0.1) is 11.3 Å². The second kappa shape index (κ2) is 7.74. The number of carbonyl (C=O) groups is 3. The van der Waals surface area contributed by atoms with E-state index in [1.165, 1.54) is 17.4 Å². The molecule has 1 N–H and O–H groups in total. The van der Waals surface area contributed by atoms with E-state index in [1.54, 1.807) is 19.9 Å². The number of carbonyl (C=O) groups excluding carboxylic acids is 3. The van der Waals surface area contributed by atoms with Gasteiger partial charge in [-0.25, -0.2) is 9.59 Å². The molecule has 3 rings (SSSR count). The maximum atomic E-state index is 12.3. The zero-order valence-corrected chi connectivity index (χ0v) is 15.4. The number of furan rings is 1. The van der Waals surface area contributed by atoms with Crippen LogP contribution in [-0.4, -0.2) is 31.1 Å². The summed E-state index contributed by atoms with van der Waals surface area (Å²) in [7, 11) is 0. The number of nitrogens with one attached hydrogen (secondary N) is 1. The van der Waals surface area contributed by atoms with Gasteiger partial charge in [0.1, 0.15) is 10.8 Å². The van der Waals surface area contributed by atoms with E-state index < -0.39 is 24.5 Å². The fourth-order valence-corrected chi connectivity index (χ4v) is 4.11. The van der Waals surface area contributed by atoms with Gasteiger partial charge in [0, 0.05) is 4.88 Å². The van der Waals surface area contributed by atoms with Crippen molar-refractivity contribution in [1.29, 1.82) is 0 Å². The summed E-state index contributed by atoms with van der Waals surface area (Å²) >= 11 is 1.37. The first kappa shape index (κ1) is 18.2. The third-order valence-corrected chi connectivity index (χ3v) is 5.14. The minimum atomic E-state index is -0.715. The van der Waals surface area contributed by atoms with E-state index >= 15 is 0 Å². The number of hydrogen-bond donors (Lipinski definition) is 1. The Morgan fingerprint density at radius 1 is 1.19 bits per heavy atom. The lowest BCUT2D eigenvalue weighted by Gasteiger charge is -2.08. The summed E-state index contributed by atoms with van der Waals surface area (Å²) in [6.45, 7) is 3.23. The fraction of sp³-hybridized carbons (Fsp3) is 0.389. The van der Waals surface area contributed by atoms with E-state index in [2.05, 4.69) is 5.32 Å². The molecule has 1 aliphatic carbocycles. The minimum Gasteiger partial charge on any atom is -0.462 e. The Labute approximate surface area is 154 Å². The molecule has 0 unspecified atom stereocenters. The molecule has 1 aliphatic rings. The van der Waals surface area contributed by atoms with Crippen molar-refractivity contribution < 1.29 is 28.3 Å². The Morgan fingerprint density at radius 2 is 2.00 bits per heavy atom. The number of hydrogen-bond acceptors (Lipinski definition) is 7. The second-order valence-corrected chi connectivity index (χ2v) is 6.92. The van der Waals surface area contributed by atoms with Crippen LogP contribution in [0, 0.1) is 6.92 Å². The maximum absolute atomic E-state index is 12.3. The molecule has 0 saturated heterocycles. The van der Waals surface area contributed by atoms with Crippen molar-refractivity contribution in [2.75, 3.05) is 18.5 Å². The fourth-order valence-electron chi connectivity index (χ4n) is 2.82. The first-order valence-electron chi connectivity index (χ1n) is 8.34. The van der Waals surface area contributed by atoms with Crippen LogP contribution in [0.15, 0.2) is 16.5 Å². The molecule has 0 bridgehead atoms. The van der Waals surface area contributed by atoms with Gasteiger partial charge in [-0.2, -0.15) is 0 Å². The Morgan fingerprint density at radius 3 is 2.69 bits per heavy atom. The largest absolute Gasteiger partial charge is 0.462 e. The van der Waals surface area contributed by atoms with E-state index in [1.807, 2.05) is 0 Å². The highest BCUT2D eigenvalue weighted by Crippen LogP contribution is 2.39. The Bertz CT molecular complexity index is 850. The monoisotopic (exact) mass is 377 g/mol. The lowest BCUT2D eigenvalue weighted by atomic mass is 10.1. The van der Waals surface area contributed by atoms with Crippen LogP contribution in [0.1, 0.15) is 50.5 Å². The van der Waals surface area contributed by atoms with Gasteiger partial charge in [-0.05, 0) is 50.8 Å². The third-order valence-electron chi connectivity index (χ3n) is 3.93. The van der Waals surface area contributed by atoms with Crippen molar-refractivity contribution in [2.45, 2.75) is 33.1 Å². The number of thiophene rings is 1. The highest BCUT2D eigenvalue weighted by atomic mass is 32.1. The normalized spacial score (nSPS) is 12.5. The summed E-state index contributed by atoms with van der Waals surface area (Å²) in [5.74, 6) is -1.06. The van der Waals surface area contributed by atoms with Crippen molar-refractivity contribution in [3.8, 4) is 0 Å². The lowest BCUT2D eigenvalue weighted by Crippen LogP contribution is -2.21. The first-order valence-corrected chi connectivity index (χ1v) is 9.16. The van der Waals surface area contributed by atoms with Crippen molar-refractivity contribution in [2.24, 2.45) is 0 Å². The molecule has 0 aliphatic heterocycles.